The molecule has 0 aliphatic rings. The van der Waals surface area contributed by atoms with Gasteiger partial charge in [-0.05, 0) is 69.5 Å². The van der Waals surface area contributed by atoms with Gasteiger partial charge in [0.15, 0.2) is 0 Å². The van der Waals surface area contributed by atoms with Gasteiger partial charge in [-0.25, -0.2) is 0 Å². The Balaban J connectivity index is 1.61. The lowest BCUT2D eigenvalue weighted by Gasteiger charge is -2.12. The minimum Gasteiger partial charge on any atom is -0.488 e. The largest absolute Gasteiger partial charge is 0.488 e. The molecule has 0 bridgehead atoms. The molecule has 0 spiro atoms. The number of halogens is 4. The van der Waals surface area contributed by atoms with Crippen molar-refractivity contribution in [1.29, 1.82) is 0 Å². The number of hydrogen-bond acceptors (Lipinski definition) is 2. The second-order valence-electron chi connectivity index (χ2n) is 5.66. The molecule has 0 fully saturated rings. The van der Waals surface area contributed by atoms with Crippen LogP contribution in [0.1, 0.15) is 11.1 Å². The molecule has 3 aromatic rings. The van der Waals surface area contributed by atoms with Crippen molar-refractivity contribution in [2.75, 3.05) is 5.32 Å². The number of nitrogens with one attached hydrogen (secondary N) is 1. The van der Waals surface area contributed by atoms with Crippen LogP contribution in [0, 0.1) is 0 Å². The third kappa shape index (κ3) is 5.31. The Hall–Kier alpha value is -1.39. The molecular weight excluding hydrogens is 456 g/mol. The molecule has 0 heterocycles. The first kappa shape index (κ1) is 19.4. The lowest BCUT2D eigenvalue weighted by atomic mass is 10.2. The van der Waals surface area contributed by atoms with Gasteiger partial charge in [-0.3, -0.25) is 0 Å². The van der Waals surface area contributed by atoms with Crippen LogP contribution in [0.25, 0.3) is 0 Å². The van der Waals surface area contributed by atoms with Crippen molar-refractivity contribution < 1.29 is 4.74 Å². The maximum atomic E-state index is 6.17. The summed E-state index contributed by atoms with van der Waals surface area (Å²) in [6.45, 7) is 1.10. The van der Waals surface area contributed by atoms with Gasteiger partial charge in [-0.15, -0.1) is 0 Å². The van der Waals surface area contributed by atoms with Gasteiger partial charge in [0.05, 0.1) is 15.2 Å². The Bertz CT molecular complexity index is 900. The molecule has 0 aliphatic carbocycles. The van der Waals surface area contributed by atoms with E-state index in [1.165, 1.54) is 0 Å². The third-order valence-corrected chi connectivity index (χ3v) is 5.15. The Kier molecular flexibility index (Phi) is 6.71. The molecule has 0 saturated carbocycles. The van der Waals surface area contributed by atoms with E-state index in [2.05, 4.69) is 21.2 Å². The summed E-state index contributed by atoms with van der Waals surface area (Å²) < 4.78 is 6.76. The van der Waals surface area contributed by atoms with Crippen LogP contribution in [-0.2, 0) is 13.2 Å². The van der Waals surface area contributed by atoms with Gasteiger partial charge in [0.2, 0.25) is 0 Å². The second kappa shape index (κ2) is 9.01. The van der Waals surface area contributed by atoms with Gasteiger partial charge < -0.3 is 10.1 Å². The molecule has 134 valence electrons. The smallest absolute Gasteiger partial charge is 0.134 e. The zero-order valence-corrected chi connectivity index (χ0v) is 17.5. The van der Waals surface area contributed by atoms with Crippen LogP contribution >= 0.6 is 50.7 Å². The molecule has 0 radical (unpaired) electrons. The molecule has 26 heavy (non-hydrogen) atoms. The van der Waals surface area contributed by atoms with Crippen molar-refractivity contribution in [3.05, 3.63) is 91.3 Å². The summed E-state index contributed by atoms with van der Waals surface area (Å²) in [5, 5.41) is 5.28. The fraction of sp³-hybridized carbons (Fsp3) is 0.100. The molecule has 2 nitrogen and oxygen atoms in total. The first-order valence-corrected chi connectivity index (χ1v) is 9.78. The summed E-state index contributed by atoms with van der Waals surface area (Å²) >= 11 is 21.6. The zero-order valence-electron chi connectivity index (χ0n) is 13.6. The van der Waals surface area contributed by atoms with Crippen molar-refractivity contribution in [3.63, 3.8) is 0 Å². The molecule has 0 aliphatic heterocycles. The Morgan fingerprint density at radius 2 is 1.50 bits per heavy atom. The van der Waals surface area contributed by atoms with Crippen LogP contribution in [0.15, 0.2) is 65.1 Å². The minimum absolute atomic E-state index is 0.478. The quantitative estimate of drug-likeness (QED) is 0.400. The van der Waals surface area contributed by atoms with Gasteiger partial charge >= 0.3 is 0 Å². The number of benzene rings is 3. The van der Waals surface area contributed by atoms with Gasteiger partial charge in [-0.1, -0.05) is 53.0 Å². The van der Waals surface area contributed by atoms with Gasteiger partial charge in [0.1, 0.15) is 12.4 Å². The number of rotatable bonds is 6. The van der Waals surface area contributed by atoms with E-state index in [-0.39, 0.29) is 0 Å². The van der Waals surface area contributed by atoms with E-state index in [0.29, 0.717) is 28.2 Å². The third-order valence-electron chi connectivity index (χ3n) is 3.72. The predicted octanol–water partition coefficient (Wildman–Crippen LogP) is 7.60. The SMILES string of the molecule is Clc1ccc(COc2ccc(CNc3cc(Cl)ccc3Cl)cc2Br)cc1. The van der Waals surface area contributed by atoms with Gasteiger partial charge in [-0.2, -0.15) is 0 Å². The van der Waals surface area contributed by atoms with Crippen LogP contribution in [0.3, 0.4) is 0 Å². The standard InChI is InChI=1S/C20H15BrCl3NO/c21-17-9-14(11-25-19-10-16(23)6-7-18(19)24)3-8-20(17)26-12-13-1-4-15(22)5-2-13/h1-10,25H,11-12H2. The van der Waals surface area contributed by atoms with Crippen LogP contribution < -0.4 is 10.1 Å². The molecule has 6 heteroatoms. The fourth-order valence-electron chi connectivity index (χ4n) is 2.34. The summed E-state index contributed by atoms with van der Waals surface area (Å²) in [5.41, 5.74) is 2.95. The highest BCUT2D eigenvalue weighted by Crippen LogP contribution is 2.29. The molecule has 3 rings (SSSR count). The highest BCUT2D eigenvalue weighted by atomic mass is 79.9. The molecule has 0 aromatic heterocycles. The Labute approximate surface area is 176 Å². The van der Waals surface area contributed by atoms with E-state index in [1.807, 2.05) is 48.5 Å². The monoisotopic (exact) mass is 469 g/mol. The van der Waals surface area contributed by atoms with Crippen molar-refractivity contribution >= 4 is 56.4 Å². The molecule has 0 unspecified atom stereocenters. The van der Waals surface area contributed by atoms with Crippen LogP contribution in [0.2, 0.25) is 15.1 Å². The van der Waals surface area contributed by atoms with Crippen molar-refractivity contribution in [2.24, 2.45) is 0 Å². The van der Waals surface area contributed by atoms with E-state index in [9.17, 15) is 0 Å². The fourth-order valence-corrected chi connectivity index (χ4v) is 3.37. The van der Waals surface area contributed by atoms with Gasteiger partial charge in [0, 0.05) is 16.6 Å². The Morgan fingerprint density at radius 3 is 2.23 bits per heavy atom. The van der Waals surface area contributed by atoms with Crippen molar-refractivity contribution in [1.82, 2.24) is 0 Å². The summed E-state index contributed by atoms with van der Waals surface area (Å²) in [4.78, 5) is 0. The Morgan fingerprint density at radius 1 is 0.808 bits per heavy atom. The zero-order chi connectivity index (χ0) is 18.5. The van der Waals surface area contributed by atoms with E-state index in [4.69, 9.17) is 39.5 Å². The maximum absolute atomic E-state index is 6.17. The summed E-state index contributed by atoms with van der Waals surface area (Å²) in [6.07, 6.45) is 0. The minimum atomic E-state index is 0.478. The van der Waals surface area contributed by atoms with Crippen LogP contribution in [-0.4, -0.2) is 0 Å². The molecule has 0 atom stereocenters. The van der Waals surface area contributed by atoms with Crippen LogP contribution in [0.5, 0.6) is 5.75 Å². The molecule has 1 N–H and O–H groups in total. The van der Waals surface area contributed by atoms with Gasteiger partial charge in [0.25, 0.3) is 0 Å². The average molecular weight is 472 g/mol. The summed E-state index contributed by atoms with van der Waals surface area (Å²) in [5.74, 6) is 0.782. The van der Waals surface area contributed by atoms with Crippen molar-refractivity contribution in [2.45, 2.75) is 13.2 Å². The highest BCUT2D eigenvalue weighted by molar-refractivity contribution is 9.10. The summed E-state index contributed by atoms with van der Waals surface area (Å²) in [7, 11) is 0. The number of anilines is 1. The summed E-state index contributed by atoms with van der Waals surface area (Å²) in [6, 6.07) is 18.9. The van der Waals surface area contributed by atoms with E-state index < -0.39 is 0 Å². The lowest BCUT2D eigenvalue weighted by Crippen LogP contribution is -2.01. The molecule has 0 amide bonds. The van der Waals surface area contributed by atoms with Crippen molar-refractivity contribution in [3.8, 4) is 5.75 Å². The first-order valence-electron chi connectivity index (χ1n) is 7.86. The van der Waals surface area contributed by atoms with E-state index in [0.717, 1.165) is 27.0 Å². The topological polar surface area (TPSA) is 21.3 Å². The molecular formula is C20H15BrCl3NO. The molecule has 0 saturated heterocycles. The second-order valence-corrected chi connectivity index (χ2v) is 7.79. The highest BCUT2D eigenvalue weighted by Gasteiger charge is 2.05. The maximum Gasteiger partial charge on any atom is 0.134 e. The first-order chi connectivity index (χ1) is 12.5. The average Bonchev–Trinajstić information content (AvgIpc) is 2.63. The van der Waals surface area contributed by atoms with E-state index >= 15 is 0 Å². The van der Waals surface area contributed by atoms with E-state index in [1.54, 1.807) is 12.1 Å². The number of hydrogen-bond donors (Lipinski definition) is 1. The normalized spacial score (nSPS) is 10.6. The molecule has 3 aromatic carbocycles. The lowest BCUT2D eigenvalue weighted by molar-refractivity contribution is 0.304. The number of ether oxygens (including phenoxy) is 1. The predicted molar refractivity (Wildman–Crippen MR) is 114 cm³/mol. The van der Waals surface area contributed by atoms with Crippen LogP contribution in [0.4, 0.5) is 5.69 Å².